The molecule has 0 amide bonds. The molecule has 0 bridgehead atoms. The van der Waals surface area contributed by atoms with Crippen molar-refractivity contribution < 1.29 is 4.74 Å². The molecule has 0 saturated carbocycles. The van der Waals surface area contributed by atoms with Gasteiger partial charge in [-0.25, -0.2) is 0 Å². The lowest BCUT2D eigenvalue weighted by atomic mass is 10.00. The predicted octanol–water partition coefficient (Wildman–Crippen LogP) is 4.02. The quantitative estimate of drug-likeness (QED) is 0.706. The minimum atomic E-state index is -0.00663. The Hall–Kier alpha value is -0.860. The number of unbranched alkanes of at least 4 members (excludes halogenated alkanes) is 2. The first-order valence-electron chi connectivity index (χ1n) is 7.08. The van der Waals surface area contributed by atoms with Crippen LogP contribution in [0.1, 0.15) is 63.1 Å². The van der Waals surface area contributed by atoms with Gasteiger partial charge in [0.25, 0.3) is 0 Å². The van der Waals surface area contributed by atoms with Crippen LogP contribution in [0, 0.1) is 0 Å². The third kappa shape index (κ3) is 5.19. The summed E-state index contributed by atoms with van der Waals surface area (Å²) in [5, 5.41) is 0. The maximum absolute atomic E-state index is 6.11. The molecule has 0 aliphatic carbocycles. The van der Waals surface area contributed by atoms with Gasteiger partial charge >= 0.3 is 0 Å². The zero-order chi connectivity index (χ0) is 13.4. The van der Waals surface area contributed by atoms with Crippen LogP contribution in [-0.2, 0) is 4.74 Å². The molecule has 2 heteroatoms. The summed E-state index contributed by atoms with van der Waals surface area (Å²) in [4.78, 5) is 0. The first kappa shape index (κ1) is 15.2. The lowest BCUT2D eigenvalue weighted by Gasteiger charge is -2.14. The second-order valence-corrected chi connectivity index (χ2v) is 5.21. The maximum atomic E-state index is 6.11. The molecule has 0 aliphatic rings. The van der Waals surface area contributed by atoms with Crippen molar-refractivity contribution in [3.05, 3.63) is 35.4 Å². The van der Waals surface area contributed by atoms with Gasteiger partial charge in [0.15, 0.2) is 0 Å². The average molecular weight is 249 g/mol. The third-order valence-electron chi connectivity index (χ3n) is 3.22. The molecule has 1 unspecified atom stereocenters. The van der Waals surface area contributed by atoms with Crippen LogP contribution in [0.5, 0.6) is 0 Å². The molecule has 0 saturated heterocycles. The SMILES string of the molecule is CCCCCOCC(N)c1ccc(C(C)C)cc1. The van der Waals surface area contributed by atoms with E-state index >= 15 is 0 Å². The Morgan fingerprint density at radius 1 is 1.06 bits per heavy atom. The van der Waals surface area contributed by atoms with Gasteiger partial charge in [0.2, 0.25) is 0 Å². The van der Waals surface area contributed by atoms with Crippen molar-refractivity contribution in [1.29, 1.82) is 0 Å². The summed E-state index contributed by atoms with van der Waals surface area (Å²) >= 11 is 0. The molecule has 1 aromatic carbocycles. The molecule has 1 atom stereocenters. The van der Waals surface area contributed by atoms with E-state index in [0.717, 1.165) is 18.6 Å². The smallest absolute Gasteiger partial charge is 0.0659 e. The van der Waals surface area contributed by atoms with Gasteiger partial charge in [-0.1, -0.05) is 57.9 Å². The highest BCUT2D eigenvalue weighted by Gasteiger charge is 2.06. The van der Waals surface area contributed by atoms with Gasteiger partial charge < -0.3 is 10.5 Å². The minimum absolute atomic E-state index is 0.00663. The van der Waals surface area contributed by atoms with Gasteiger partial charge in [-0.05, 0) is 23.5 Å². The summed E-state index contributed by atoms with van der Waals surface area (Å²) in [6.07, 6.45) is 3.60. The number of hydrogen-bond donors (Lipinski definition) is 1. The van der Waals surface area contributed by atoms with E-state index < -0.39 is 0 Å². The molecule has 2 N–H and O–H groups in total. The van der Waals surface area contributed by atoms with Gasteiger partial charge in [0.05, 0.1) is 12.6 Å². The minimum Gasteiger partial charge on any atom is -0.379 e. The van der Waals surface area contributed by atoms with Gasteiger partial charge in [0, 0.05) is 6.61 Å². The summed E-state index contributed by atoms with van der Waals surface area (Å²) in [5.74, 6) is 0.570. The number of hydrogen-bond acceptors (Lipinski definition) is 2. The first-order chi connectivity index (χ1) is 8.65. The Morgan fingerprint density at radius 2 is 1.67 bits per heavy atom. The van der Waals surface area contributed by atoms with Gasteiger partial charge in [-0.3, -0.25) is 0 Å². The molecule has 0 heterocycles. The second-order valence-electron chi connectivity index (χ2n) is 5.21. The van der Waals surface area contributed by atoms with E-state index in [9.17, 15) is 0 Å². The molecule has 2 nitrogen and oxygen atoms in total. The number of benzene rings is 1. The van der Waals surface area contributed by atoms with E-state index in [1.165, 1.54) is 18.4 Å². The van der Waals surface area contributed by atoms with Crippen molar-refractivity contribution in [2.75, 3.05) is 13.2 Å². The molecular formula is C16H27NO. The Kier molecular flexibility index (Phi) is 6.99. The van der Waals surface area contributed by atoms with Crippen LogP contribution >= 0.6 is 0 Å². The van der Waals surface area contributed by atoms with Gasteiger partial charge in [0.1, 0.15) is 0 Å². The molecule has 1 aromatic rings. The van der Waals surface area contributed by atoms with Crippen LogP contribution in [0.4, 0.5) is 0 Å². The number of nitrogens with two attached hydrogens (primary N) is 1. The van der Waals surface area contributed by atoms with Crippen LogP contribution in [0.25, 0.3) is 0 Å². The van der Waals surface area contributed by atoms with Crippen molar-refractivity contribution in [3.63, 3.8) is 0 Å². The standard InChI is InChI=1S/C16H27NO/c1-4-5-6-11-18-12-16(17)15-9-7-14(8-10-15)13(2)3/h7-10,13,16H,4-6,11-12,17H2,1-3H3. The molecule has 102 valence electrons. The van der Waals surface area contributed by atoms with Crippen molar-refractivity contribution in [1.82, 2.24) is 0 Å². The van der Waals surface area contributed by atoms with E-state index in [2.05, 4.69) is 45.0 Å². The van der Waals surface area contributed by atoms with Crippen molar-refractivity contribution in [3.8, 4) is 0 Å². The molecule has 18 heavy (non-hydrogen) atoms. The zero-order valence-electron chi connectivity index (χ0n) is 12.0. The largest absolute Gasteiger partial charge is 0.379 e. The summed E-state index contributed by atoms with van der Waals surface area (Å²) in [7, 11) is 0. The van der Waals surface area contributed by atoms with Gasteiger partial charge in [-0.15, -0.1) is 0 Å². The normalized spacial score (nSPS) is 12.9. The Balaban J connectivity index is 2.34. The molecule has 0 spiro atoms. The summed E-state index contributed by atoms with van der Waals surface area (Å²) < 4.78 is 5.60. The Bertz CT molecular complexity index is 318. The van der Waals surface area contributed by atoms with Gasteiger partial charge in [-0.2, -0.15) is 0 Å². The average Bonchev–Trinajstić information content (AvgIpc) is 2.38. The Morgan fingerprint density at radius 3 is 2.22 bits per heavy atom. The zero-order valence-corrected chi connectivity index (χ0v) is 12.0. The Labute approximate surface area is 112 Å². The van der Waals surface area contributed by atoms with E-state index in [1.807, 2.05) is 0 Å². The van der Waals surface area contributed by atoms with Crippen molar-refractivity contribution >= 4 is 0 Å². The van der Waals surface area contributed by atoms with E-state index in [0.29, 0.717) is 12.5 Å². The summed E-state index contributed by atoms with van der Waals surface area (Å²) in [6.45, 7) is 8.04. The molecule has 1 rings (SSSR count). The second kappa shape index (κ2) is 8.28. The first-order valence-corrected chi connectivity index (χ1v) is 7.08. The molecule has 0 aromatic heterocycles. The third-order valence-corrected chi connectivity index (χ3v) is 3.22. The molecule has 0 fully saturated rings. The molecule has 0 aliphatic heterocycles. The van der Waals surface area contributed by atoms with Crippen LogP contribution in [0.15, 0.2) is 24.3 Å². The van der Waals surface area contributed by atoms with Crippen LogP contribution < -0.4 is 5.73 Å². The highest BCUT2D eigenvalue weighted by molar-refractivity contribution is 5.26. The van der Waals surface area contributed by atoms with Crippen LogP contribution in [-0.4, -0.2) is 13.2 Å². The lowest BCUT2D eigenvalue weighted by molar-refractivity contribution is 0.117. The van der Waals surface area contributed by atoms with Crippen molar-refractivity contribution in [2.24, 2.45) is 5.73 Å². The topological polar surface area (TPSA) is 35.2 Å². The maximum Gasteiger partial charge on any atom is 0.0659 e. The highest BCUT2D eigenvalue weighted by atomic mass is 16.5. The lowest BCUT2D eigenvalue weighted by Crippen LogP contribution is -2.17. The fraction of sp³-hybridized carbons (Fsp3) is 0.625. The number of rotatable bonds is 8. The molecular weight excluding hydrogens is 222 g/mol. The summed E-state index contributed by atoms with van der Waals surface area (Å²) in [5.41, 5.74) is 8.63. The number of ether oxygens (including phenoxy) is 1. The van der Waals surface area contributed by atoms with E-state index in [4.69, 9.17) is 10.5 Å². The monoisotopic (exact) mass is 249 g/mol. The summed E-state index contributed by atoms with van der Waals surface area (Å²) in [6, 6.07) is 8.56. The van der Waals surface area contributed by atoms with Crippen LogP contribution in [0.2, 0.25) is 0 Å². The highest BCUT2D eigenvalue weighted by Crippen LogP contribution is 2.17. The van der Waals surface area contributed by atoms with Crippen LogP contribution in [0.3, 0.4) is 0 Å². The van der Waals surface area contributed by atoms with E-state index in [1.54, 1.807) is 0 Å². The van der Waals surface area contributed by atoms with Crippen molar-refractivity contribution in [2.45, 2.75) is 52.0 Å². The molecule has 0 radical (unpaired) electrons. The fourth-order valence-corrected chi connectivity index (χ4v) is 1.89. The van der Waals surface area contributed by atoms with E-state index in [-0.39, 0.29) is 6.04 Å². The fourth-order valence-electron chi connectivity index (χ4n) is 1.89. The predicted molar refractivity (Wildman–Crippen MR) is 77.8 cm³/mol.